The van der Waals surface area contributed by atoms with E-state index in [-0.39, 0.29) is 4.90 Å². The Kier molecular flexibility index (Phi) is 6.48. The standard InChI is InChI=1S/C18H10F10N2O2/c19-15(20,17(23,24)25)13(31)29-10-6-8-12(9-7-10)30(11-4-2-1-3-5-11)14(32)16(21,22)18(26,27)28/h1-9H,(H,29,31). The first-order valence-electron chi connectivity index (χ1n) is 8.20. The van der Waals surface area contributed by atoms with Crippen molar-refractivity contribution in [2.45, 2.75) is 24.2 Å². The molecule has 2 rings (SSSR count). The number of alkyl halides is 10. The summed E-state index contributed by atoms with van der Waals surface area (Å²) < 4.78 is 128. The Labute approximate surface area is 172 Å². The fraction of sp³-hybridized carbons (Fsp3) is 0.222. The summed E-state index contributed by atoms with van der Waals surface area (Å²) in [7, 11) is 0. The third-order valence-corrected chi connectivity index (χ3v) is 3.87. The zero-order valence-electron chi connectivity index (χ0n) is 15.2. The average molecular weight is 476 g/mol. The molecular weight excluding hydrogens is 466 g/mol. The van der Waals surface area contributed by atoms with Crippen LogP contribution < -0.4 is 10.2 Å². The number of carbonyl (C=O) groups is 2. The molecule has 0 spiro atoms. The minimum absolute atomic E-state index is 0.0244. The molecule has 0 radical (unpaired) electrons. The Balaban J connectivity index is 2.41. The van der Waals surface area contributed by atoms with Gasteiger partial charge in [0.1, 0.15) is 0 Å². The lowest BCUT2D eigenvalue weighted by Gasteiger charge is -2.28. The van der Waals surface area contributed by atoms with E-state index in [0.717, 1.165) is 12.1 Å². The van der Waals surface area contributed by atoms with Crippen LogP contribution in [0.25, 0.3) is 0 Å². The number of rotatable bonds is 5. The van der Waals surface area contributed by atoms with Crippen LogP contribution in [-0.2, 0) is 9.59 Å². The summed E-state index contributed by atoms with van der Waals surface area (Å²) in [6.07, 6.45) is -12.4. The van der Waals surface area contributed by atoms with Crippen LogP contribution >= 0.6 is 0 Å². The Morgan fingerprint density at radius 2 is 1.06 bits per heavy atom. The summed E-state index contributed by atoms with van der Waals surface area (Å²) in [6.45, 7) is 0. The van der Waals surface area contributed by atoms with Crippen molar-refractivity contribution in [3.05, 3.63) is 54.6 Å². The van der Waals surface area contributed by atoms with Gasteiger partial charge in [0, 0.05) is 17.1 Å². The van der Waals surface area contributed by atoms with Crippen molar-refractivity contribution in [1.29, 1.82) is 0 Å². The van der Waals surface area contributed by atoms with E-state index in [1.165, 1.54) is 23.5 Å². The van der Waals surface area contributed by atoms with Crippen molar-refractivity contribution < 1.29 is 53.5 Å². The highest BCUT2D eigenvalue weighted by Crippen LogP contribution is 2.40. The lowest BCUT2D eigenvalue weighted by atomic mass is 10.1. The Morgan fingerprint density at radius 3 is 1.50 bits per heavy atom. The molecule has 0 aliphatic heterocycles. The molecule has 0 aliphatic carbocycles. The molecule has 0 saturated carbocycles. The van der Waals surface area contributed by atoms with Crippen molar-refractivity contribution in [1.82, 2.24) is 0 Å². The number of anilines is 3. The normalized spacial score (nSPS) is 12.9. The van der Waals surface area contributed by atoms with Crippen molar-refractivity contribution in [3.63, 3.8) is 0 Å². The first-order valence-corrected chi connectivity index (χ1v) is 8.20. The number of nitrogens with zero attached hydrogens (tertiary/aromatic N) is 1. The van der Waals surface area contributed by atoms with Gasteiger partial charge in [0.15, 0.2) is 0 Å². The SMILES string of the molecule is O=C(Nc1ccc(N(C(=O)C(F)(F)C(F)(F)F)c2ccccc2)cc1)C(F)(F)C(F)(F)F. The minimum Gasteiger partial charge on any atom is -0.321 e. The number of hydrogen-bond donors (Lipinski definition) is 1. The molecule has 2 amide bonds. The fourth-order valence-corrected chi connectivity index (χ4v) is 2.25. The van der Waals surface area contributed by atoms with Gasteiger partial charge in [-0.15, -0.1) is 0 Å². The average Bonchev–Trinajstić information content (AvgIpc) is 2.68. The second kappa shape index (κ2) is 8.31. The quantitative estimate of drug-likeness (QED) is 0.565. The number of benzene rings is 2. The number of carbonyl (C=O) groups excluding carboxylic acids is 2. The van der Waals surface area contributed by atoms with E-state index < -0.39 is 53.1 Å². The van der Waals surface area contributed by atoms with Crippen molar-refractivity contribution in [2.24, 2.45) is 0 Å². The minimum atomic E-state index is -6.24. The van der Waals surface area contributed by atoms with E-state index in [0.29, 0.717) is 24.3 Å². The summed E-state index contributed by atoms with van der Waals surface area (Å²) in [5.41, 5.74) is -1.72. The Morgan fingerprint density at radius 1 is 0.625 bits per heavy atom. The van der Waals surface area contributed by atoms with Crippen molar-refractivity contribution >= 4 is 28.9 Å². The zero-order valence-corrected chi connectivity index (χ0v) is 15.2. The second-order valence-corrected chi connectivity index (χ2v) is 6.12. The number of hydrogen-bond acceptors (Lipinski definition) is 2. The van der Waals surface area contributed by atoms with Crippen molar-refractivity contribution in [3.8, 4) is 0 Å². The molecule has 0 heterocycles. The molecule has 0 aliphatic rings. The van der Waals surface area contributed by atoms with Crippen LogP contribution in [0.3, 0.4) is 0 Å². The summed E-state index contributed by atoms with van der Waals surface area (Å²) in [4.78, 5) is 23.3. The summed E-state index contributed by atoms with van der Waals surface area (Å²) in [5.74, 6) is -17.0. The van der Waals surface area contributed by atoms with Crippen LogP contribution in [0.15, 0.2) is 54.6 Å². The topological polar surface area (TPSA) is 49.4 Å². The van der Waals surface area contributed by atoms with Crippen LogP contribution in [0, 0.1) is 0 Å². The predicted octanol–water partition coefficient (Wildman–Crippen LogP) is 5.69. The summed E-state index contributed by atoms with van der Waals surface area (Å²) >= 11 is 0. The van der Waals surface area contributed by atoms with Gasteiger partial charge in [-0.25, -0.2) is 0 Å². The molecule has 174 valence electrons. The van der Waals surface area contributed by atoms with Gasteiger partial charge in [0.2, 0.25) is 0 Å². The molecular formula is C18H10F10N2O2. The number of halogens is 10. The smallest absolute Gasteiger partial charge is 0.321 e. The van der Waals surface area contributed by atoms with Gasteiger partial charge >= 0.3 is 36.0 Å². The molecule has 0 aromatic heterocycles. The van der Waals surface area contributed by atoms with Gasteiger partial charge in [-0.05, 0) is 36.4 Å². The van der Waals surface area contributed by atoms with Gasteiger partial charge in [-0.1, -0.05) is 18.2 Å². The maximum absolute atomic E-state index is 13.7. The largest absolute Gasteiger partial charge is 0.463 e. The first-order chi connectivity index (χ1) is 14.5. The number of para-hydroxylation sites is 1. The third kappa shape index (κ3) is 4.78. The molecule has 0 unspecified atom stereocenters. The highest BCUT2D eigenvalue weighted by atomic mass is 19.4. The molecule has 32 heavy (non-hydrogen) atoms. The van der Waals surface area contributed by atoms with Gasteiger partial charge in [0.05, 0.1) is 0 Å². The monoisotopic (exact) mass is 476 g/mol. The first kappa shape index (κ1) is 24.9. The van der Waals surface area contributed by atoms with Crippen LogP contribution in [-0.4, -0.2) is 36.0 Å². The van der Waals surface area contributed by atoms with E-state index in [4.69, 9.17) is 0 Å². The molecule has 2 aromatic carbocycles. The Hall–Kier alpha value is -3.32. The lowest BCUT2D eigenvalue weighted by Crippen LogP contribution is -2.50. The molecule has 0 atom stereocenters. The molecule has 14 heteroatoms. The van der Waals surface area contributed by atoms with E-state index in [2.05, 4.69) is 0 Å². The lowest BCUT2D eigenvalue weighted by molar-refractivity contribution is -0.268. The molecule has 2 aromatic rings. The van der Waals surface area contributed by atoms with E-state index >= 15 is 0 Å². The van der Waals surface area contributed by atoms with Crippen LogP contribution in [0.4, 0.5) is 61.0 Å². The van der Waals surface area contributed by atoms with Crippen LogP contribution in [0.1, 0.15) is 0 Å². The third-order valence-electron chi connectivity index (χ3n) is 3.87. The van der Waals surface area contributed by atoms with E-state index in [9.17, 15) is 53.5 Å². The van der Waals surface area contributed by atoms with Gasteiger partial charge in [-0.3, -0.25) is 14.5 Å². The molecule has 1 N–H and O–H groups in total. The summed E-state index contributed by atoms with van der Waals surface area (Å²) in [5, 5.41) is 1.24. The molecule has 0 bridgehead atoms. The predicted molar refractivity (Wildman–Crippen MR) is 90.7 cm³/mol. The number of nitrogens with one attached hydrogen (secondary N) is 1. The van der Waals surface area contributed by atoms with Gasteiger partial charge < -0.3 is 5.32 Å². The molecule has 0 fully saturated rings. The van der Waals surface area contributed by atoms with Gasteiger partial charge in [0.25, 0.3) is 0 Å². The van der Waals surface area contributed by atoms with Crippen LogP contribution in [0.2, 0.25) is 0 Å². The highest BCUT2D eigenvalue weighted by Gasteiger charge is 2.65. The summed E-state index contributed by atoms with van der Waals surface area (Å²) in [6, 6.07) is 8.44. The molecule has 4 nitrogen and oxygen atoms in total. The fourth-order valence-electron chi connectivity index (χ4n) is 2.25. The number of amides is 2. The van der Waals surface area contributed by atoms with Crippen LogP contribution in [0.5, 0.6) is 0 Å². The van der Waals surface area contributed by atoms with Crippen molar-refractivity contribution in [2.75, 3.05) is 10.2 Å². The Bertz CT molecular complexity index is 970. The van der Waals surface area contributed by atoms with E-state index in [1.54, 1.807) is 0 Å². The maximum Gasteiger partial charge on any atom is 0.463 e. The molecule has 0 saturated heterocycles. The zero-order chi connectivity index (χ0) is 24.5. The van der Waals surface area contributed by atoms with E-state index in [1.807, 2.05) is 0 Å². The highest BCUT2D eigenvalue weighted by molar-refractivity contribution is 6.05. The second-order valence-electron chi connectivity index (χ2n) is 6.12. The maximum atomic E-state index is 13.7. The van der Waals surface area contributed by atoms with Gasteiger partial charge in [-0.2, -0.15) is 43.9 Å².